The van der Waals surface area contributed by atoms with Crippen molar-refractivity contribution in [3.05, 3.63) is 49.1 Å². The second-order valence-electron chi connectivity index (χ2n) is 7.05. The van der Waals surface area contributed by atoms with Gasteiger partial charge in [-0.1, -0.05) is 12.2 Å². The van der Waals surface area contributed by atoms with Gasteiger partial charge in [0.05, 0.1) is 11.7 Å². The molecule has 0 radical (unpaired) electrons. The van der Waals surface area contributed by atoms with E-state index in [2.05, 4.69) is 32.9 Å². The van der Waals surface area contributed by atoms with Crippen LogP contribution in [0.1, 0.15) is 19.8 Å². The second-order valence-corrected chi connectivity index (χ2v) is 7.05. The standard InChI is InChI=1S/C19H23N5O/c1-13(21-10-16-9-14-2-3-15(16)8-14)19(25)23-17-4-6-18(7-5-17)24-12-20-11-22-24/h2-7,11-16,21H,8-10H2,1H3,(H,23,25)/t13-,14+,15+,16-/m1/s1. The Morgan fingerprint density at radius 2 is 2.12 bits per heavy atom. The number of amides is 1. The maximum Gasteiger partial charge on any atom is 0.241 e. The van der Waals surface area contributed by atoms with Crippen molar-refractivity contribution < 1.29 is 4.79 Å². The van der Waals surface area contributed by atoms with Gasteiger partial charge in [0.2, 0.25) is 5.91 Å². The first-order chi connectivity index (χ1) is 12.2. The van der Waals surface area contributed by atoms with Crippen molar-refractivity contribution in [3.63, 3.8) is 0 Å². The van der Waals surface area contributed by atoms with Crippen molar-refractivity contribution in [1.82, 2.24) is 20.1 Å². The van der Waals surface area contributed by atoms with Crippen LogP contribution < -0.4 is 10.6 Å². The van der Waals surface area contributed by atoms with E-state index in [0.29, 0.717) is 11.8 Å². The Labute approximate surface area is 147 Å². The van der Waals surface area contributed by atoms with Crippen molar-refractivity contribution in [2.75, 3.05) is 11.9 Å². The fraction of sp³-hybridized carbons (Fsp3) is 0.421. The van der Waals surface area contributed by atoms with E-state index in [9.17, 15) is 4.79 Å². The number of fused-ring (bicyclic) bond motifs is 2. The first-order valence-corrected chi connectivity index (χ1v) is 8.86. The molecule has 1 saturated carbocycles. The van der Waals surface area contributed by atoms with Crippen molar-refractivity contribution in [2.24, 2.45) is 17.8 Å². The molecule has 2 aromatic rings. The SMILES string of the molecule is C[C@@H](NC[C@H]1C[C@H]2C=C[C@H]1C2)C(=O)Nc1ccc(-n2cncn2)cc1. The number of carbonyl (C=O) groups is 1. The largest absolute Gasteiger partial charge is 0.325 e. The van der Waals surface area contributed by atoms with Gasteiger partial charge in [-0.15, -0.1) is 0 Å². The molecule has 130 valence electrons. The Morgan fingerprint density at radius 1 is 1.28 bits per heavy atom. The van der Waals surface area contributed by atoms with Gasteiger partial charge < -0.3 is 10.6 Å². The van der Waals surface area contributed by atoms with Crippen LogP contribution in [0, 0.1) is 17.8 Å². The van der Waals surface area contributed by atoms with Gasteiger partial charge in [-0.05, 0) is 68.3 Å². The quantitative estimate of drug-likeness (QED) is 0.794. The van der Waals surface area contributed by atoms with Gasteiger partial charge in [-0.3, -0.25) is 4.79 Å². The maximum absolute atomic E-state index is 12.4. The predicted octanol–water partition coefficient (Wildman–Crippen LogP) is 2.40. The number of aromatic nitrogens is 3. The lowest BCUT2D eigenvalue weighted by atomic mass is 9.93. The molecule has 0 spiro atoms. The van der Waals surface area contributed by atoms with Crippen LogP contribution in [-0.2, 0) is 4.79 Å². The number of allylic oxidation sites excluding steroid dienone is 2. The highest BCUT2D eigenvalue weighted by atomic mass is 16.2. The summed E-state index contributed by atoms with van der Waals surface area (Å²) in [5.41, 5.74) is 1.69. The first-order valence-electron chi connectivity index (χ1n) is 8.86. The van der Waals surface area contributed by atoms with Crippen LogP contribution in [0.3, 0.4) is 0 Å². The maximum atomic E-state index is 12.4. The molecule has 25 heavy (non-hydrogen) atoms. The molecule has 0 aliphatic heterocycles. The molecule has 0 saturated heterocycles. The van der Waals surface area contributed by atoms with Crippen LogP contribution in [0.15, 0.2) is 49.1 Å². The number of anilines is 1. The van der Waals surface area contributed by atoms with E-state index in [-0.39, 0.29) is 11.9 Å². The number of benzene rings is 1. The minimum absolute atomic E-state index is 0.00722. The van der Waals surface area contributed by atoms with Crippen molar-refractivity contribution in [3.8, 4) is 5.69 Å². The van der Waals surface area contributed by atoms with Crippen molar-refractivity contribution >= 4 is 11.6 Å². The van der Waals surface area contributed by atoms with Crippen LogP contribution >= 0.6 is 0 Å². The third-order valence-electron chi connectivity index (χ3n) is 5.31. The predicted molar refractivity (Wildman–Crippen MR) is 96.3 cm³/mol. The summed E-state index contributed by atoms with van der Waals surface area (Å²) in [7, 11) is 0. The van der Waals surface area contributed by atoms with E-state index in [1.165, 1.54) is 19.2 Å². The molecule has 6 nitrogen and oxygen atoms in total. The van der Waals surface area contributed by atoms with E-state index in [1.54, 1.807) is 11.0 Å². The molecule has 1 amide bonds. The molecule has 1 heterocycles. The van der Waals surface area contributed by atoms with Crippen LogP contribution in [0.4, 0.5) is 5.69 Å². The molecule has 2 aliphatic rings. The fourth-order valence-corrected chi connectivity index (χ4v) is 3.84. The number of rotatable bonds is 6. The fourth-order valence-electron chi connectivity index (χ4n) is 3.84. The second kappa shape index (κ2) is 6.80. The summed E-state index contributed by atoms with van der Waals surface area (Å²) >= 11 is 0. The van der Waals surface area contributed by atoms with E-state index in [1.807, 2.05) is 31.2 Å². The first kappa shape index (κ1) is 16.0. The molecule has 2 aliphatic carbocycles. The van der Waals surface area contributed by atoms with E-state index in [4.69, 9.17) is 0 Å². The summed E-state index contributed by atoms with van der Waals surface area (Å²) in [5, 5.41) is 10.4. The molecule has 2 N–H and O–H groups in total. The van der Waals surface area contributed by atoms with Crippen LogP contribution in [0.2, 0.25) is 0 Å². The lowest BCUT2D eigenvalue weighted by Gasteiger charge is -2.21. The number of hydrogen-bond donors (Lipinski definition) is 2. The molecule has 4 atom stereocenters. The van der Waals surface area contributed by atoms with E-state index < -0.39 is 0 Å². The van der Waals surface area contributed by atoms with Crippen molar-refractivity contribution in [1.29, 1.82) is 0 Å². The molecule has 1 fully saturated rings. The molecule has 1 aromatic heterocycles. The van der Waals surface area contributed by atoms with Gasteiger partial charge in [0, 0.05) is 5.69 Å². The Hall–Kier alpha value is -2.47. The number of carbonyl (C=O) groups excluding carboxylic acids is 1. The molecular weight excluding hydrogens is 314 g/mol. The van der Waals surface area contributed by atoms with Gasteiger partial charge in [0.1, 0.15) is 12.7 Å². The molecule has 4 rings (SSSR count). The number of nitrogens with zero attached hydrogens (tertiary/aromatic N) is 3. The zero-order chi connectivity index (χ0) is 17.2. The van der Waals surface area contributed by atoms with Gasteiger partial charge >= 0.3 is 0 Å². The average molecular weight is 337 g/mol. The van der Waals surface area contributed by atoms with Gasteiger partial charge in [0.15, 0.2) is 0 Å². The highest BCUT2D eigenvalue weighted by molar-refractivity contribution is 5.94. The van der Waals surface area contributed by atoms with Gasteiger partial charge in [0.25, 0.3) is 0 Å². The van der Waals surface area contributed by atoms with Crippen molar-refractivity contribution in [2.45, 2.75) is 25.8 Å². The Balaban J connectivity index is 1.28. The summed E-state index contributed by atoms with van der Waals surface area (Å²) in [5.74, 6) is 2.14. The summed E-state index contributed by atoms with van der Waals surface area (Å²) in [4.78, 5) is 16.3. The summed E-state index contributed by atoms with van der Waals surface area (Å²) < 4.78 is 1.68. The Morgan fingerprint density at radius 3 is 2.76 bits per heavy atom. The summed E-state index contributed by atoms with van der Waals surface area (Å²) in [6.45, 7) is 2.83. The van der Waals surface area contributed by atoms with Gasteiger partial charge in [-0.2, -0.15) is 5.10 Å². The van der Waals surface area contributed by atoms with E-state index in [0.717, 1.165) is 23.8 Å². The topological polar surface area (TPSA) is 71.8 Å². The highest BCUT2D eigenvalue weighted by Crippen LogP contribution is 2.42. The smallest absolute Gasteiger partial charge is 0.241 e. The monoisotopic (exact) mass is 337 g/mol. The minimum atomic E-state index is -0.210. The Bertz CT molecular complexity index is 753. The van der Waals surface area contributed by atoms with Crippen LogP contribution in [0.5, 0.6) is 0 Å². The highest BCUT2D eigenvalue weighted by Gasteiger charge is 2.35. The lowest BCUT2D eigenvalue weighted by Crippen LogP contribution is -2.41. The zero-order valence-electron chi connectivity index (χ0n) is 14.3. The zero-order valence-corrected chi connectivity index (χ0v) is 14.3. The number of nitrogens with one attached hydrogen (secondary N) is 2. The minimum Gasteiger partial charge on any atom is -0.325 e. The van der Waals surface area contributed by atoms with Crippen LogP contribution in [-0.4, -0.2) is 33.3 Å². The molecule has 2 bridgehead atoms. The molecule has 0 unspecified atom stereocenters. The van der Waals surface area contributed by atoms with Gasteiger partial charge in [-0.25, -0.2) is 9.67 Å². The van der Waals surface area contributed by atoms with Crippen LogP contribution in [0.25, 0.3) is 5.69 Å². The summed E-state index contributed by atoms with van der Waals surface area (Å²) in [6, 6.07) is 7.36. The van der Waals surface area contributed by atoms with E-state index >= 15 is 0 Å². The average Bonchev–Trinajstić information content (AvgIpc) is 3.37. The number of hydrogen-bond acceptors (Lipinski definition) is 4. The Kier molecular flexibility index (Phi) is 4.36. The molecule has 6 heteroatoms. The normalized spacial score (nSPS) is 25.2. The third-order valence-corrected chi connectivity index (χ3v) is 5.31. The lowest BCUT2D eigenvalue weighted by molar-refractivity contribution is -0.117. The molecule has 1 aromatic carbocycles. The summed E-state index contributed by atoms with van der Waals surface area (Å²) in [6.07, 6.45) is 10.4. The third kappa shape index (κ3) is 3.49. The molecular formula is C19H23N5O.